The minimum Gasteiger partial charge on any atom is -0.496 e. The minimum atomic E-state index is -0.159. The van der Waals surface area contributed by atoms with E-state index in [0.717, 1.165) is 53.1 Å². The molecule has 7 nitrogen and oxygen atoms in total. The Balaban J connectivity index is 1.30. The van der Waals surface area contributed by atoms with Crippen molar-refractivity contribution in [3.8, 4) is 28.3 Å². The summed E-state index contributed by atoms with van der Waals surface area (Å²) in [4.78, 5) is 17.5. The SMILES string of the molecule is COc1cccc(OC)c1-c1ccc(-n2cncc2C(=O)N[C@H]2CCC[C@H]2OCc2ccccc2)cc1. The lowest BCUT2D eigenvalue weighted by Crippen LogP contribution is -2.41. The van der Waals surface area contributed by atoms with Crippen LogP contribution in [-0.2, 0) is 11.3 Å². The molecule has 1 N–H and O–H groups in total. The largest absolute Gasteiger partial charge is 0.496 e. The fourth-order valence-corrected chi connectivity index (χ4v) is 4.90. The second-order valence-electron chi connectivity index (χ2n) is 9.08. The van der Waals surface area contributed by atoms with Crippen molar-refractivity contribution in [3.05, 3.63) is 96.6 Å². The van der Waals surface area contributed by atoms with Crippen LogP contribution in [0.4, 0.5) is 0 Å². The monoisotopic (exact) mass is 497 g/mol. The van der Waals surface area contributed by atoms with Crippen LogP contribution in [0, 0.1) is 0 Å². The van der Waals surface area contributed by atoms with E-state index in [0.29, 0.717) is 12.3 Å². The Morgan fingerprint density at radius 3 is 2.38 bits per heavy atom. The highest BCUT2D eigenvalue weighted by molar-refractivity contribution is 5.93. The first-order valence-corrected chi connectivity index (χ1v) is 12.5. The van der Waals surface area contributed by atoms with Gasteiger partial charge in [-0.2, -0.15) is 0 Å². The zero-order valence-corrected chi connectivity index (χ0v) is 21.1. The number of carbonyl (C=O) groups excluding carboxylic acids is 1. The summed E-state index contributed by atoms with van der Waals surface area (Å²) >= 11 is 0. The van der Waals surface area contributed by atoms with E-state index >= 15 is 0 Å². The fraction of sp³-hybridized carbons (Fsp3) is 0.267. The summed E-state index contributed by atoms with van der Waals surface area (Å²) in [7, 11) is 3.29. The summed E-state index contributed by atoms with van der Waals surface area (Å²) < 4.78 is 19.1. The average Bonchev–Trinajstić information content (AvgIpc) is 3.62. The zero-order valence-electron chi connectivity index (χ0n) is 21.1. The molecule has 2 atom stereocenters. The highest BCUT2D eigenvalue weighted by atomic mass is 16.5. The lowest BCUT2D eigenvalue weighted by atomic mass is 10.0. The molecule has 1 aliphatic carbocycles. The Kier molecular flexibility index (Phi) is 7.51. The van der Waals surface area contributed by atoms with Crippen molar-refractivity contribution in [1.82, 2.24) is 14.9 Å². The van der Waals surface area contributed by atoms with Gasteiger partial charge in [0.15, 0.2) is 0 Å². The molecule has 4 aromatic rings. The molecular weight excluding hydrogens is 466 g/mol. The first-order chi connectivity index (χ1) is 18.2. The predicted molar refractivity (Wildman–Crippen MR) is 142 cm³/mol. The maximum absolute atomic E-state index is 13.3. The van der Waals surface area contributed by atoms with Crippen molar-refractivity contribution in [2.45, 2.75) is 38.0 Å². The van der Waals surface area contributed by atoms with E-state index < -0.39 is 0 Å². The van der Waals surface area contributed by atoms with E-state index in [1.54, 1.807) is 31.3 Å². The number of amides is 1. The molecule has 3 aromatic carbocycles. The van der Waals surface area contributed by atoms with E-state index in [-0.39, 0.29) is 18.1 Å². The smallest absolute Gasteiger partial charge is 0.270 e. The van der Waals surface area contributed by atoms with Gasteiger partial charge < -0.3 is 19.5 Å². The fourth-order valence-electron chi connectivity index (χ4n) is 4.90. The van der Waals surface area contributed by atoms with Crippen molar-refractivity contribution in [1.29, 1.82) is 0 Å². The van der Waals surface area contributed by atoms with Crippen LogP contribution in [0.2, 0.25) is 0 Å². The van der Waals surface area contributed by atoms with E-state index in [2.05, 4.69) is 22.4 Å². The number of nitrogens with one attached hydrogen (secondary N) is 1. The van der Waals surface area contributed by atoms with Crippen LogP contribution in [0.5, 0.6) is 11.5 Å². The van der Waals surface area contributed by atoms with Gasteiger partial charge >= 0.3 is 0 Å². The summed E-state index contributed by atoms with van der Waals surface area (Å²) in [6, 6.07) is 23.7. The molecule has 5 rings (SSSR count). The van der Waals surface area contributed by atoms with Crippen LogP contribution >= 0.6 is 0 Å². The van der Waals surface area contributed by atoms with Gasteiger partial charge in [0, 0.05) is 5.69 Å². The first kappa shape index (κ1) is 24.6. The molecule has 1 fully saturated rings. The molecule has 0 spiro atoms. The van der Waals surface area contributed by atoms with E-state index in [9.17, 15) is 4.79 Å². The van der Waals surface area contributed by atoms with Gasteiger partial charge in [-0.3, -0.25) is 9.36 Å². The van der Waals surface area contributed by atoms with Crippen molar-refractivity contribution in [3.63, 3.8) is 0 Å². The molecule has 1 heterocycles. The second kappa shape index (κ2) is 11.3. The summed E-state index contributed by atoms with van der Waals surface area (Å²) in [5, 5.41) is 3.19. The van der Waals surface area contributed by atoms with Crippen LogP contribution in [0.25, 0.3) is 16.8 Å². The third kappa shape index (κ3) is 5.37. The van der Waals surface area contributed by atoms with Gasteiger partial charge in [-0.15, -0.1) is 0 Å². The quantitative estimate of drug-likeness (QED) is 0.334. The maximum atomic E-state index is 13.3. The van der Waals surface area contributed by atoms with Crippen molar-refractivity contribution < 1.29 is 19.0 Å². The molecular formula is C30H31N3O4. The Morgan fingerprint density at radius 2 is 1.68 bits per heavy atom. The van der Waals surface area contributed by atoms with Gasteiger partial charge in [0.2, 0.25) is 0 Å². The zero-order chi connectivity index (χ0) is 25.6. The number of imidazole rings is 1. The van der Waals surface area contributed by atoms with Crippen molar-refractivity contribution in [2.75, 3.05) is 14.2 Å². The lowest BCUT2D eigenvalue weighted by molar-refractivity contribution is 0.0271. The number of hydrogen-bond acceptors (Lipinski definition) is 5. The predicted octanol–water partition coefficient (Wildman–Crippen LogP) is 5.42. The topological polar surface area (TPSA) is 74.6 Å². The van der Waals surface area contributed by atoms with E-state index in [1.807, 2.05) is 60.7 Å². The Bertz CT molecular complexity index is 1310. The van der Waals surface area contributed by atoms with Gasteiger partial charge in [-0.1, -0.05) is 48.5 Å². The van der Waals surface area contributed by atoms with Gasteiger partial charge in [0.1, 0.15) is 17.2 Å². The van der Waals surface area contributed by atoms with Crippen LogP contribution in [0.15, 0.2) is 85.3 Å². The number of methoxy groups -OCH3 is 2. The third-order valence-electron chi connectivity index (χ3n) is 6.81. The number of ether oxygens (including phenoxy) is 3. The number of aromatic nitrogens is 2. The molecule has 1 aliphatic rings. The molecule has 190 valence electrons. The van der Waals surface area contributed by atoms with Gasteiger partial charge in [0.05, 0.1) is 51.1 Å². The molecule has 1 saturated carbocycles. The number of hydrogen-bond donors (Lipinski definition) is 1. The van der Waals surface area contributed by atoms with Gasteiger partial charge in [-0.25, -0.2) is 4.98 Å². The molecule has 7 heteroatoms. The normalized spacial score (nSPS) is 16.9. The van der Waals surface area contributed by atoms with Gasteiger partial charge in [-0.05, 0) is 54.7 Å². The standard InChI is InChI=1S/C30H31N3O4/c1-35-27-12-7-13-28(36-2)29(27)22-14-16-23(17-15-22)33-20-31-18-25(33)30(34)32-24-10-6-11-26(24)37-19-21-8-4-3-5-9-21/h3-5,7-9,12-18,20,24,26H,6,10-11,19H2,1-2H3,(H,32,34)/t24-,26+/m0/s1. The summed E-state index contributed by atoms with van der Waals surface area (Å²) in [6.45, 7) is 0.541. The Labute approximate surface area is 217 Å². The minimum absolute atomic E-state index is 0.00403. The molecule has 0 radical (unpaired) electrons. The Hall–Kier alpha value is -4.10. The highest BCUT2D eigenvalue weighted by Crippen LogP contribution is 2.38. The van der Waals surface area contributed by atoms with E-state index in [1.165, 1.54) is 0 Å². The van der Waals surface area contributed by atoms with E-state index in [4.69, 9.17) is 14.2 Å². The molecule has 0 unspecified atom stereocenters. The number of nitrogens with zero attached hydrogens (tertiary/aromatic N) is 2. The first-order valence-electron chi connectivity index (χ1n) is 12.5. The van der Waals surface area contributed by atoms with Crippen molar-refractivity contribution in [2.24, 2.45) is 0 Å². The third-order valence-corrected chi connectivity index (χ3v) is 6.81. The molecule has 0 bridgehead atoms. The van der Waals surface area contributed by atoms with Crippen LogP contribution in [0.3, 0.4) is 0 Å². The lowest BCUT2D eigenvalue weighted by Gasteiger charge is -2.22. The van der Waals surface area contributed by atoms with Crippen molar-refractivity contribution >= 4 is 5.91 Å². The number of rotatable bonds is 9. The number of carbonyl (C=O) groups is 1. The average molecular weight is 498 g/mol. The molecule has 0 aliphatic heterocycles. The molecule has 1 amide bonds. The van der Waals surface area contributed by atoms with Crippen LogP contribution in [-0.4, -0.2) is 41.8 Å². The summed E-state index contributed by atoms with van der Waals surface area (Å²) in [5.74, 6) is 1.30. The van der Waals surface area contributed by atoms with Crippen LogP contribution < -0.4 is 14.8 Å². The Morgan fingerprint density at radius 1 is 0.946 bits per heavy atom. The highest BCUT2D eigenvalue weighted by Gasteiger charge is 2.30. The molecule has 37 heavy (non-hydrogen) atoms. The maximum Gasteiger partial charge on any atom is 0.270 e. The van der Waals surface area contributed by atoms with Crippen LogP contribution in [0.1, 0.15) is 35.3 Å². The summed E-state index contributed by atoms with van der Waals surface area (Å²) in [5.41, 5.74) is 4.28. The summed E-state index contributed by atoms with van der Waals surface area (Å²) in [6.07, 6.45) is 6.11. The van der Waals surface area contributed by atoms with Gasteiger partial charge in [0.25, 0.3) is 5.91 Å². The number of benzene rings is 3. The second-order valence-corrected chi connectivity index (χ2v) is 9.08. The molecule has 0 saturated heterocycles. The molecule has 1 aromatic heterocycles.